The molecule has 1 aromatic rings. The molecule has 0 fully saturated rings. The van der Waals surface area contributed by atoms with Crippen LogP contribution in [0.1, 0.15) is 81.4 Å². The molecule has 41 heavy (non-hydrogen) atoms. The standard InChI is InChI=1S/C19H28O4Si.C14H16O3/c1-7-22-18(20)15-12-8-9-23-16(12)17(14-11-21-10-13(14)15)24(5,6)19(2,3)4;1-3-5-6-7-8-9-12-16-13-10-11-14(15)17-4-2/h7-11H2,1-6H3;3-5,12-13H2,1-2H3. The SMILES string of the molecule is CCCC#CC#CCOCC#CC(=O)OCC.CCOC(=O)c1c2c(c([Si](C)(C)C(C)(C)C)c3c1CCO3)COC2. The second-order valence-corrected chi connectivity index (χ2v) is 16.3. The molecule has 0 unspecified atom stereocenters. The van der Waals surface area contributed by atoms with Crippen molar-refractivity contribution >= 4 is 25.2 Å². The summed E-state index contributed by atoms with van der Waals surface area (Å²) < 4.78 is 26.8. The van der Waals surface area contributed by atoms with Crippen molar-refractivity contribution in [2.45, 2.75) is 92.2 Å². The fourth-order valence-electron chi connectivity index (χ4n) is 4.34. The van der Waals surface area contributed by atoms with Gasteiger partial charge in [-0.2, -0.15) is 0 Å². The summed E-state index contributed by atoms with van der Waals surface area (Å²) in [5.74, 6) is 16.0. The first kappa shape index (κ1) is 34.0. The molecule has 0 bridgehead atoms. The van der Waals surface area contributed by atoms with Gasteiger partial charge in [-0.1, -0.05) is 58.6 Å². The van der Waals surface area contributed by atoms with Crippen LogP contribution in [0.15, 0.2) is 0 Å². The van der Waals surface area contributed by atoms with E-state index in [1.54, 1.807) is 6.92 Å². The summed E-state index contributed by atoms with van der Waals surface area (Å²) in [5, 5.41) is 1.54. The number of esters is 2. The van der Waals surface area contributed by atoms with E-state index in [4.69, 9.17) is 18.9 Å². The molecule has 0 aromatic heterocycles. The predicted molar refractivity (Wildman–Crippen MR) is 163 cm³/mol. The highest BCUT2D eigenvalue weighted by Gasteiger charge is 2.45. The molecule has 0 atom stereocenters. The average Bonchev–Trinajstić information content (AvgIpc) is 3.58. The lowest BCUT2D eigenvalue weighted by Crippen LogP contribution is -2.51. The zero-order valence-corrected chi connectivity index (χ0v) is 26.9. The van der Waals surface area contributed by atoms with E-state index in [0.29, 0.717) is 38.6 Å². The molecule has 0 amide bonds. The first-order valence-electron chi connectivity index (χ1n) is 14.3. The monoisotopic (exact) mass is 580 g/mol. The number of carbonyl (C=O) groups excluding carboxylic acids is 2. The summed E-state index contributed by atoms with van der Waals surface area (Å²) in [7, 11) is -1.83. The topological polar surface area (TPSA) is 80.3 Å². The summed E-state index contributed by atoms with van der Waals surface area (Å²) in [5.41, 5.74) is 3.97. The first-order chi connectivity index (χ1) is 19.5. The van der Waals surface area contributed by atoms with Crippen LogP contribution in [0.2, 0.25) is 18.1 Å². The Hall–Kier alpha value is -3.22. The fourth-order valence-corrected chi connectivity index (χ4v) is 6.86. The van der Waals surface area contributed by atoms with E-state index in [-0.39, 0.29) is 24.2 Å². The molecule has 3 rings (SSSR count). The number of ether oxygens (including phenoxy) is 5. The van der Waals surface area contributed by atoms with Gasteiger partial charge in [0, 0.05) is 24.3 Å². The van der Waals surface area contributed by atoms with Gasteiger partial charge in [0.25, 0.3) is 0 Å². The molecule has 1 aromatic carbocycles. The zero-order valence-electron chi connectivity index (χ0n) is 25.9. The minimum absolute atomic E-state index is 0.163. The molecule has 2 heterocycles. The third-order valence-electron chi connectivity index (χ3n) is 7.27. The van der Waals surface area contributed by atoms with Crippen molar-refractivity contribution in [1.82, 2.24) is 0 Å². The van der Waals surface area contributed by atoms with Gasteiger partial charge in [-0.3, -0.25) is 0 Å². The minimum Gasteiger partial charge on any atom is -0.493 e. The van der Waals surface area contributed by atoms with Crippen LogP contribution in [0.4, 0.5) is 0 Å². The molecular weight excluding hydrogens is 536 g/mol. The second-order valence-electron chi connectivity index (χ2n) is 11.1. The molecule has 2 aliphatic heterocycles. The number of unbranched alkanes of at least 4 members (excludes halogenated alkanes) is 1. The number of carbonyl (C=O) groups is 2. The Kier molecular flexibility index (Phi) is 13.5. The molecule has 8 heteroatoms. The summed E-state index contributed by atoms with van der Waals surface area (Å²) in [6.07, 6.45) is 2.67. The third-order valence-corrected chi connectivity index (χ3v) is 12.8. The quantitative estimate of drug-likeness (QED) is 0.149. The van der Waals surface area contributed by atoms with Crippen molar-refractivity contribution in [2.75, 3.05) is 33.0 Å². The van der Waals surface area contributed by atoms with Crippen LogP contribution < -0.4 is 9.92 Å². The Labute approximate surface area is 247 Å². The summed E-state index contributed by atoms with van der Waals surface area (Å²) in [4.78, 5) is 23.4. The largest absolute Gasteiger partial charge is 0.493 e. The molecule has 0 aliphatic carbocycles. The number of fused-ring (bicyclic) bond motifs is 2. The van der Waals surface area contributed by atoms with Crippen molar-refractivity contribution < 1.29 is 33.3 Å². The summed E-state index contributed by atoms with van der Waals surface area (Å²) >= 11 is 0. The third kappa shape index (κ3) is 9.14. The van der Waals surface area contributed by atoms with Crippen molar-refractivity contribution in [3.63, 3.8) is 0 Å². The van der Waals surface area contributed by atoms with Gasteiger partial charge >= 0.3 is 11.9 Å². The van der Waals surface area contributed by atoms with Gasteiger partial charge in [0.15, 0.2) is 0 Å². The van der Waals surface area contributed by atoms with Crippen LogP contribution in [0.25, 0.3) is 0 Å². The lowest BCUT2D eigenvalue weighted by Gasteiger charge is -2.39. The Balaban J connectivity index is 0.000000307. The molecular formula is C33H44O7Si. The molecule has 2 aliphatic rings. The zero-order chi connectivity index (χ0) is 30.5. The maximum atomic E-state index is 12.6. The molecule has 0 spiro atoms. The Morgan fingerprint density at radius 3 is 2.22 bits per heavy atom. The highest BCUT2D eigenvalue weighted by atomic mass is 28.3. The lowest BCUT2D eigenvalue weighted by molar-refractivity contribution is -0.136. The predicted octanol–water partition coefficient (Wildman–Crippen LogP) is 4.92. The van der Waals surface area contributed by atoms with Crippen molar-refractivity contribution in [1.29, 1.82) is 0 Å². The van der Waals surface area contributed by atoms with E-state index in [9.17, 15) is 9.59 Å². The van der Waals surface area contributed by atoms with Crippen LogP contribution in [-0.2, 0) is 43.4 Å². The van der Waals surface area contributed by atoms with E-state index in [1.165, 1.54) is 10.8 Å². The maximum Gasteiger partial charge on any atom is 0.384 e. The number of hydrogen-bond donors (Lipinski definition) is 0. The van der Waals surface area contributed by atoms with Crippen LogP contribution in [-0.4, -0.2) is 53.0 Å². The van der Waals surface area contributed by atoms with E-state index in [1.807, 2.05) is 6.92 Å². The van der Waals surface area contributed by atoms with Gasteiger partial charge in [0.2, 0.25) is 0 Å². The van der Waals surface area contributed by atoms with Crippen LogP contribution in [0, 0.1) is 35.5 Å². The van der Waals surface area contributed by atoms with Crippen LogP contribution >= 0.6 is 0 Å². The van der Waals surface area contributed by atoms with E-state index in [2.05, 4.69) is 81.0 Å². The molecule has 222 valence electrons. The van der Waals surface area contributed by atoms with Gasteiger partial charge in [0.05, 0.1) is 46.7 Å². The Bertz CT molecular complexity index is 1240. The van der Waals surface area contributed by atoms with Gasteiger partial charge in [-0.15, -0.1) is 0 Å². The molecule has 0 N–H and O–H groups in total. The average molecular weight is 581 g/mol. The second kappa shape index (κ2) is 16.3. The highest BCUT2D eigenvalue weighted by molar-refractivity contribution is 6.93. The van der Waals surface area contributed by atoms with Gasteiger partial charge in [-0.25, -0.2) is 9.59 Å². The molecule has 0 radical (unpaired) electrons. The van der Waals surface area contributed by atoms with Gasteiger partial charge in [0.1, 0.15) is 19.0 Å². The fraction of sp³-hybridized carbons (Fsp3) is 0.576. The Morgan fingerprint density at radius 2 is 1.56 bits per heavy atom. The van der Waals surface area contributed by atoms with Crippen molar-refractivity contribution in [3.05, 3.63) is 22.3 Å². The van der Waals surface area contributed by atoms with Crippen LogP contribution in [0.3, 0.4) is 0 Å². The van der Waals surface area contributed by atoms with Gasteiger partial charge in [-0.05, 0) is 53.5 Å². The number of hydrogen-bond acceptors (Lipinski definition) is 7. The van der Waals surface area contributed by atoms with Gasteiger partial charge < -0.3 is 23.7 Å². The Morgan fingerprint density at radius 1 is 0.902 bits per heavy atom. The highest BCUT2D eigenvalue weighted by Crippen LogP contribution is 2.43. The summed E-state index contributed by atoms with van der Waals surface area (Å²) in [6, 6.07) is 0. The van der Waals surface area contributed by atoms with E-state index >= 15 is 0 Å². The number of benzene rings is 1. The molecule has 7 nitrogen and oxygen atoms in total. The van der Waals surface area contributed by atoms with Crippen molar-refractivity contribution in [3.8, 4) is 41.3 Å². The maximum absolute atomic E-state index is 12.6. The lowest BCUT2D eigenvalue weighted by atomic mass is 9.95. The van der Waals surface area contributed by atoms with E-state index < -0.39 is 14.0 Å². The first-order valence-corrected chi connectivity index (χ1v) is 17.3. The smallest absolute Gasteiger partial charge is 0.384 e. The number of rotatable bonds is 7. The normalized spacial score (nSPS) is 12.9. The molecule has 0 saturated heterocycles. The molecule has 0 saturated carbocycles. The minimum atomic E-state index is -1.83. The van der Waals surface area contributed by atoms with E-state index in [0.717, 1.165) is 36.1 Å². The van der Waals surface area contributed by atoms with Crippen molar-refractivity contribution in [2.24, 2.45) is 0 Å². The van der Waals surface area contributed by atoms with Crippen LogP contribution in [0.5, 0.6) is 5.75 Å². The summed E-state index contributed by atoms with van der Waals surface area (Å²) in [6.45, 7) is 20.2.